The summed E-state index contributed by atoms with van der Waals surface area (Å²) >= 11 is 0. The van der Waals surface area contributed by atoms with E-state index >= 15 is 0 Å². The molecule has 0 spiro atoms. The first-order chi connectivity index (χ1) is 10.6. The molecule has 2 rings (SSSR count). The van der Waals surface area contributed by atoms with Crippen LogP contribution in [0.4, 0.5) is 0 Å². The Morgan fingerprint density at radius 2 is 1.68 bits per heavy atom. The maximum atomic E-state index is 11.3. The van der Waals surface area contributed by atoms with Gasteiger partial charge < -0.3 is 9.47 Å². The van der Waals surface area contributed by atoms with Crippen molar-refractivity contribution in [3.8, 4) is 6.07 Å². The van der Waals surface area contributed by atoms with E-state index in [1.807, 2.05) is 0 Å². The van der Waals surface area contributed by atoms with Gasteiger partial charge in [-0.3, -0.25) is 0 Å². The summed E-state index contributed by atoms with van der Waals surface area (Å²) in [5, 5.41) is 8.76. The highest BCUT2D eigenvalue weighted by Crippen LogP contribution is 2.17. The second kappa shape index (κ2) is 7.09. The average molecular weight is 293 g/mol. The molecule has 0 unspecified atom stereocenters. The van der Waals surface area contributed by atoms with E-state index in [0.717, 1.165) is 11.1 Å². The summed E-state index contributed by atoms with van der Waals surface area (Å²) in [5.41, 5.74) is 2.83. The van der Waals surface area contributed by atoms with Crippen LogP contribution in [0.1, 0.15) is 27.0 Å². The van der Waals surface area contributed by atoms with Crippen molar-refractivity contribution in [2.24, 2.45) is 0 Å². The average Bonchev–Trinajstić information content (AvgIpc) is 2.59. The minimum atomic E-state index is -0.366. The van der Waals surface area contributed by atoms with Crippen molar-refractivity contribution in [3.05, 3.63) is 77.4 Å². The number of carbonyl (C=O) groups is 1. The molecule has 0 heterocycles. The lowest BCUT2D eigenvalue weighted by Crippen LogP contribution is -2.01. The molecule has 0 amide bonds. The monoisotopic (exact) mass is 293 g/mol. The summed E-state index contributed by atoms with van der Waals surface area (Å²) in [6, 6.07) is 16.1. The molecular weight excluding hydrogens is 278 g/mol. The Bertz CT molecular complexity index is 709. The number of ether oxygens (including phenoxy) is 2. The van der Waals surface area contributed by atoms with Crippen LogP contribution in [0.5, 0.6) is 0 Å². The van der Waals surface area contributed by atoms with E-state index in [4.69, 9.17) is 10.00 Å². The SMILES string of the molecule is C=C(OCc1ccc(C(=O)OC)cc1)c1ccc(C#N)cc1. The number of nitrogens with zero attached hydrogens (tertiary/aromatic N) is 1. The topological polar surface area (TPSA) is 59.3 Å². The Morgan fingerprint density at radius 1 is 1.09 bits per heavy atom. The van der Waals surface area contributed by atoms with Gasteiger partial charge in [-0.1, -0.05) is 18.7 Å². The van der Waals surface area contributed by atoms with Crippen molar-refractivity contribution < 1.29 is 14.3 Å². The fraction of sp³-hybridized carbons (Fsp3) is 0.111. The van der Waals surface area contributed by atoms with Crippen molar-refractivity contribution in [2.45, 2.75) is 6.61 Å². The van der Waals surface area contributed by atoms with Crippen molar-refractivity contribution in [1.29, 1.82) is 5.26 Å². The number of benzene rings is 2. The third-order valence-electron chi connectivity index (χ3n) is 3.12. The van der Waals surface area contributed by atoms with Crippen molar-refractivity contribution in [2.75, 3.05) is 7.11 Å². The molecule has 0 saturated heterocycles. The molecule has 4 nitrogen and oxygen atoms in total. The largest absolute Gasteiger partial charge is 0.489 e. The van der Waals surface area contributed by atoms with Gasteiger partial charge in [-0.25, -0.2) is 4.79 Å². The molecule has 0 aliphatic carbocycles. The highest BCUT2D eigenvalue weighted by Gasteiger charge is 2.05. The molecule has 110 valence electrons. The van der Waals surface area contributed by atoms with Crippen LogP contribution in [0.25, 0.3) is 5.76 Å². The first-order valence-corrected chi connectivity index (χ1v) is 6.63. The summed E-state index contributed by atoms with van der Waals surface area (Å²) in [6.45, 7) is 4.22. The number of hydrogen-bond donors (Lipinski definition) is 0. The molecule has 0 atom stereocenters. The second-order valence-electron chi connectivity index (χ2n) is 4.59. The number of carbonyl (C=O) groups excluding carboxylic acids is 1. The number of esters is 1. The third-order valence-corrected chi connectivity index (χ3v) is 3.12. The highest BCUT2D eigenvalue weighted by atomic mass is 16.5. The summed E-state index contributed by atoms with van der Waals surface area (Å²) in [6.07, 6.45) is 0. The predicted octanol–water partition coefficient (Wildman–Crippen LogP) is 3.53. The fourth-order valence-corrected chi connectivity index (χ4v) is 1.84. The van der Waals surface area contributed by atoms with Gasteiger partial charge in [0, 0.05) is 5.56 Å². The van der Waals surface area contributed by atoms with E-state index in [9.17, 15) is 4.79 Å². The Hall–Kier alpha value is -3.06. The lowest BCUT2D eigenvalue weighted by molar-refractivity contribution is 0.0600. The second-order valence-corrected chi connectivity index (χ2v) is 4.59. The van der Waals surface area contributed by atoms with Gasteiger partial charge in [-0.2, -0.15) is 5.26 Å². The molecule has 2 aromatic rings. The van der Waals surface area contributed by atoms with E-state index in [2.05, 4.69) is 17.4 Å². The Balaban J connectivity index is 1.95. The quantitative estimate of drug-likeness (QED) is 0.625. The molecule has 0 saturated carbocycles. The lowest BCUT2D eigenvalue weighted by Gasteiger charge is -2.10. The molecule has 0 radical (unpaired) electrons. The highest BCUT2D eigenvalue weighted by molar-refractivity contribution is 5.89. The van der Waals surface area contributed by atoms with Gasteiger partial charge >= 0.3 is 5.97 Å². The molecular formula is C18H15NO3. The Morgan fingerprint density at radius 3 is 2.23 bits per heavy atom. The number of hydrogen-bond acceptors (Lipinski definition) is 4. The Labute approximate surface area is 129 Å². The van der Waals surface area contributed by atoms with Crippen LogP contribution in [-0.2, 0) is 16.1 Å². The number of rotatable bonds is 5. The van der Waals surface area contributed by atoms with Crippen molar-refractivity contribution >= 4 is 11.7 Å². The van der Waals surface area contributed by atoms with E-state index in [-0.39, 0.29) is 5.97 Å². The van der Waals surface area contributed by atoms with Crippen molar-refractivity contribution in [1.82, 2.24) is 0 Å². The standard InChI is InChI=1S/C18H15NO3/c1-13(16-7-3-14(11-19)4-8-16)22-12-15-5-9-17(10-6-15)18(20)21-2/h3-10H,1,12H2,2H3. The number of nitriles is 1. The molecule has 0 bridgehead atoms. The van der Waals surface area contributed by atoms with Crippen LogP contribution < -0.4 is 0 Å². The first-order valence-electron chi connectivity index (χ1n) is 6.63. The van der Waals surface area contributed by atoms with Crippen molar-refractivity contribution in [3.63, 3.8) is 0 Å². The van der Waals surface area contributed by atoms with Gasteiger partial charge in [0.15, 0.2) is 0 Å². The molecule has 4 heteroatoms. The predicted molar refractivity (Wildman–Crippen MR) is 82.8 cm³/mol. The van der Waals surface area contributed by atoms with Crippen LogP contribution in [0.2, 0.25) is 0 Å². The Kier molecular flexibility index (Phi) is 4.94. The first kappa shape index (κ1) is 15.3. The molecule has 22 heavy (non-hydrogen) atoms. The van der Waals surface area contributed by atoms with Gasteiger partial charge in [0.1, 0.15) is 12.4 Å². The normalized spacial score (nSPS) is 9.64. The molecule has 2 aromatic carbocycles. The minimum Gasteiger partial charge on any atom is -0.489 e. The van der Waals surface area contributed by atoms with E-state index < -0.39 is 0 Å². The van der Waals surface area contributed by atoms with Crippen LogP contribution in [0.15, 0.2) is 55.1 Å². The maximum Gasteiger partial charge on any atom is 0.337 e. The summed E-state index contributed by atoms with van der Waals surface area (Å²) < 4.78 is 10.3. The van der Waals surface area contributed by atoms with Crippen LogP contribution in [-0.4, -0.2) is 13.1 Å². The maximum absolute atomic E-state index is 11.3. The van der Waals surface area contributed by atoms with Crippen LogP contribution in [0.3, 0.4) is 0 Å². The molecule has 0 N–H and O–H groups in total. The summed E-state index contributed by atoms with van der Waals surface area (Å²) in [7, 11) is 1.35. The molecule has 0 aliphatic heterocycles. The zero-order valence-corrected chi connectivity index (χ0v) is 12.2. The van der Waals surface area contributed by atoms with Gasteiger partial charge in [0.05, 0.1) is 24.3 Å². The minimum absolute atomic E-state index is 0.348. The molecule has 0 fully saturated rings. The van der Waals surface area contributed by atoms with Crippen LogP contribution >= 0.6 is 0 Å². The number of methoxy groups -OCH3 is 1. The third kappa shape index (κ3) is 3.74. The zero-order valence-electron chi connectivity index (χ0n) is 12.2. The van der Waals surface area contributed by atoms with E-state index in [1.54, 1.807) is 48.5 Å². The van der Waals surface area contributed by atoms with E-state index in [0.29, 0.717) is 23.5 Å². The van der Waals surface area contributed by atoms with Crippen LogP contribution in [0, 0.1) is 11.3 Å². The van der Waals surface area contributed by atoms with E-state index in [1.165, 1.54) is 7.11 Å². The van der Waals surface area contributed by atoms with Gasteiger partial charge in [0.2, 0.25) is 0 Å². The molecule has 0 aromatic heterocycles. The fourth-order valence-electron chi connectivity index (χ4n) is 1.84. The van der Waals surface area contributed by atoms with Gasteiger partial charge in [-0.05, 0) is 42.0 Å². The van der Waals surface area contributed by atoms with Gasteiger partial charge in [-0.15, -0.1) is 0 Å². The van der Waals surface area contributed by atoms with Gasteiger partial charge in [0.25, 0.3) is 0 Å². The zero-order chi connectivity index (χ0) is 15.9. The smallest absolute Gasteiger partial charge is 0.337 e. The lowest BCUT2D eigenvalue weighted by atomic mass is 10.1. The summed E-state index contributed by atoms with van der Waals surface area (Å²) in [4.78, 5) is 11.3. The summed E-state index contributed by atoms with van der Waals surface area (Å²) in [5.74, 6) is 0.163. The molecule has 0 aliphatic rings.